The highest BCUT2D eigenvalue weighted by Crippen LogP contribution is 2.44. The molecule has 4 aromatic rings. The number of nitrogens with one attached hydrogen (secondary N) is 1. The minimum absolute atomic E-state index is 0.0188. The van der Waals surface area contributed by atoms with E-state index in [2.05, 4.69) is 15.3 Å². The maximum absolute atomic E-state index is 14.4. The summed E-state index contributed by atoms with van der Waals surface area (Å²) >= 11 is 0. The van der Waals surface area contributed by atoms with Gasteiger partial charge in [-0.05, 0) is 64.2 Å². The lowest BCUT2D eigenvalue weighted by Crippen LogP contribution is -2.50. The van der Waals surface area contributed by atoms with Crippen molar-refractivity contribution in [2.24, 2.45) is 10.1 Å². The van der Waals surface area contributed by atoms with Crippen LogP contribution in [-0.2, 0) is 29.0 Å². The van der Waals surface area contributed by atoms with E-state index in [0.717, 1.165) is 23.8 Å². The minimum Gasteiger partial charge on any atom is -0.494 e. The fourth-order valence-electron chi connectivity index (χ4n) is 5.26. The Balaban J connectivity index is 1.59. The molecule has 0 radical (unpaired) electrons. The summed E-state index contributed by atoms with van der Waals surface area (Å²) in [6.07, 6.45) is -0.334. The maximum atomic E-state index is 14.4. The second kappa shape index (κ2) is 14.5. The van der Waals surface area contributed by atoms with E-state index in [0.29, 0.717) is 35.5 Å². The molecule has 45 heavy (non-hydrogen) atoms. The predicted octanol–water partition coefficient (Wildman–Crippen LogP) is 6.35. The Morgan fingerprint density at radius 1 is 1.00 bits per heavy atom. The van der Waals surface area contributed by atoms with Crippen molar-refractivity contribution < 1.29 is 28.2 Å². The Morgan fingerprint density at radius 2 is 1.71 bits per heavy atom. The maximum Gasteiger partial charge on any atom is 0.252 e. The van der Waals surface area contributed by atoms with Crippen LogP contribution in [-0.4, -0.2) is 35.7 Å². The van der Waals surface area contributed by atoms with Crippen LogP contribution in [0.15, 0.2) is 107 Å². The molecular weight excluding hydrogens is 580 g/mol. The Labute approximate surface area is 258 Å². The SMILES string of the molecule is [N-]=[N+]=NCc1ccccc1[C@H]1OC(c2ccc(OCCCO)cc2)=N[C@@]1(Cc1ccccc1)C(=O)NCc1cc(F)cc(F)c1. The first-order chi connectivity index (χ1) is 21.9. The molecule has 0 unspecified atom stereocenters. The van der Waals surface area contributed by atoms with Crippen LogP contribution in [0.1, 0.15) is 40.3 Å². The quantitative estimate of drug-likeness (QED) is 0.0790. The molecule has 4 aromatic carbocycles. The molecule has 0 aromatic heterocycles. The molecule has 2 N–H and O–H groups in total. The highest BCUT2D eigenvalue weighted by Gasteiger charge is 2.53. The third-order valence-corrected chi connectivity index (χ3v) is 7.36. The fourth-order valence-corrected chi connectivity index (χ4v) is 5.26. The van der Waals surface area contributed by atoms with Crippen molar-refractivity contribution in [2.75, 3.05) is 13.2 Å². The molecule has 0 fully saturated rings. The van der Waals surface area contributed by atoms with Gasteiger partial charge in [-0.15, -0.1) is 0 Å². The summed E-state index contributed by atoms with van der Waals surface area (Å²) in [5, 5.41) is 15.6. The number of rotatable bonds is 13. The Hall–Kier alpha value is -5.25. The molecule has 1 amide bonds. The molecule has 0 aliphatic carbocycles. The van der Waals surface area contributed by atoms with E-state index in [-0.39, 0.29) is 37.6 Å². The van der Waals surface area contributed by atoms with Gasteiger partial charge in [0.05, 0.1) is 13.2 Å². The first kappa shape index (κ1) is 31.2. The van der Waals surface area contributed by atoms with Crippen molar-refractivity contribution in [1.29, 1.82) is 0 Å². The highest BCUT2D eigenvalue weighted by molar-refractivity contribution is 6.01. The third kappa shape index (κ3) is 7.46. The number of hydrogen-bond donors (Lipinski definition) is 2. The predicted molar refractivity (Wildman–Crippen MR) is 164 cm³/mol. The monoisotopic (exact) mass is 611 g/mol. The number of nitrogens with zero attached hydrogens (tertiary/aromatic N) is 4. The molecule has 9 nitrogen and oxygen atoms in total. The van der Waals surface area contributed by atoms with Crippen LogP contribution in [0.3, 0.4) is 0 Å². The number of aliphatic imine (C=N–C) groups is 1. The lowest BCUT2D eigenvalue weighted by atomic mass is 9.80. The van der Waals surface area contributed by atoms with Gasteiger partial charge in [-0.3, -0.25) is 4.79 Å². The van der Waals surface area contributed by atoms with E-state index in [1.54, 1.807) is 48.5 Å². The summed E-state index contributed by atoms with van der Waals surface area (Å²) in [5.41, 5.74) is 10.4. The van der Waals surface area contributed by atoms with Crippen molar-refractivity contribution >= 4 is 11.8 Å². The number of azide groups is 1. The zero-order valence-corrected chi connectivity index (χ0v) is 24.3. The minimum atomic E-state index is -1.56. The van der Waals surface area contributed by atoms with Crippen LogP contribution in [0.25, 0.3) is 10.4 Å². The summed E-state index contributed by atoms with van der Waals surface area (Å²) in [7, 11) is 0. The standard InChI is InChI=1S/C34H31F2N5O4/c35-27-17-24(18-28(36)19-27)21-38-33(43)34(20-23-7-2-1-3-8-23)31(30-10-5-4-9-26(30)22-39-41-37)45-32(40-34)25-11-13-29(14-12-25)44-16-6-15-42/h1-5,7-14,17-19,31,42H,6,15-16,20-22H2,(H,38,43)/t31-,34-/m1/s1. The lowest BCUT2D eigenvalue weighted by molar-refractivity contribution is -0.129. The molecule has 1 aliphatic heterocycles. The van der Waals surface area contributed by atoms with Crippen LogP contribution < -0.4 is 10.1 Å². The summed E-state index contributed by atoms with van der Waals surface area (Å²) in [5.74, 6) is -1.22. The van der Waals surface area contributed by atoms with Crippen LogP contribution in [0.4, 0.5) is 8.78 Å². The number of aliphatic hydroxyl groups excluding tert-OH is 1. The molecule has 0 saturated heterocycles. The number of hydrogen-bond acceptors (Lipinski definition) is 6. The largest absolute Gasteiger partial charge is 0.494 e. The Morgan fingerprint density at radius 3 is 2.42 bits per heavy atom. The average molecular weight is 612 g/mol. The van der Waals surface area contributed by atoms with Crippen molar-refractivity contribution in [1.82, 2.24) is 5.32 Å². The van der Waals surface area contributed by atoms with E-state index in [1.807, 2.05) is 30.3 Å². The number of amides is 1. The number of aliphatic hydroxyl groups is 1. The normalized spacial score (nSPS) is 17.1. The van der Waals surface area contributed by atoms with Crippen LogP contribution in [0.5, 0.6) is 5.75 Å². The smallest absolute Gasteiger partial charge is 0.252 e. The summed E-state index contributed by atoms with van der Waals surface area (Å²) < 4.78 is 40.1. The van der Waals surface area contributed by atoms with Gasteiger partial charge in [0, 0.05) is 42.5 Å². The number of halogens is 2. The zero-order valence-electron chi connectivity index (χ0n) is 24.3. The van der Waals surface area contributed by atoms with Crippen molar-refractivity contribution in [2.45, 2.75) is 37.6 Å². The van der Waals surface area contributed by atoms with E-state index in [1.165, 1.54) is 0 Å². The van der Waals surface area contributed by atoms with E-state index in [4.69, 9.17) is 25.1 Å². The Bertz CT molecular complexity index is 1690. The van der Waals surface area contributed by atoms with Crippen LogP contribution in [0, 0.1) is 11.6 Å². The third-order valence-electron chi connectivity index (χ3n) is 7.36. The Kier molecular flexibility index (Phi) is 10.0. The first-order valence-electron chi connectivity index (χ1n) is 14.4. The molecule has 0 saturated carbocycles. The second-order valence-electron chi connectivity index (χ2n) is 10.5. The van der Waals surface area contributed by atoms with Crippen molar-refractivity contribution in [3.05, 3.63) is 147 Å². The topological polar surface area (TPSA) is 129 Å². The van der Waals surface area contributed by atoms with Crippen molar-refractivity contribution in [3.63, 3.8) is 0 Å². The number of ether oxygens (including phenoxy) is 2. The molecule has 2 atom stereocenters. The van der Waals surface area contributed by atoms with E-state index in [9.17, 15) is 13.6 Å². The van der Waals surface area contributed by atoms with Gasteiger partial charge in [0.1, 0.15) is 17.4 Å². The molecule has 230 valence electrons. The highest BCUT2D eigenvalue weighted by atomic mass is 19.1. The number of carbonyl (C=O) groups excluding carboxylic acids is 1. The van der Waals surface area contributed by atoms with Gasteiger partial charge in [0.15, 0.2) is 11.6 Å². The molecule has 11 heteroatoms. The number of benzene rings is 4. The van der Waals surface area contributed by atoms with Gasteiger partial charge >= 0.3 is 0 Å². The van der Waals surface area contributed by atoms with Gasteiger partial charge in [0.25, 0.3) is 5.91 Å². The van der Waals surface area contributed by atoms with Crippen molar-refractivity contribution in [3.8, 4) is 5.75 Å². The average Bonchev–Trinajstić information content (AvgIpc) is 3.43. The second-order valence-corrected chi connectivity index (χ2v) is 10.5. The van der Waals surface area contributed by atoms with Gasteiger partial charge in [-0.25, -0.2) is 13.8 Å². The van der Waals surface area contributed by atoms with Crippen LogP contribution >= 0.6 is 0 Å². The van der Waals surface area contributed by atoms with Gasteiger partial charge < -0.3 is 19.9 Å². The fraction of sp³-hybridized carbons (Fsp3) is 0.235. The van der Waals surface area contributed by atoms with Gasteiger partial charge in [0.2, 0.25) is 5.90 Å². The summed E-state index contributed by atoms with van der Waals surface area (Å²) in [6.45, 7) is 0.243. The van der Waals surface area contributed by atoms with Crippen LogP contribution in [0.2, 0.25) is 0 Å². The molecule has 0 spiro atoms. The summed E-state index contributed by atoms with van der Waals surface area (Å²) in [6, 6.07) is 26.7. The van der Waals surface area contributed by atoms with E-state index >= 15 is 0 Å². The molecule has 1 aliphatic rings. The zero-order chi connectivity index (χ0) is 31.6. The van der Waals surface area contributed by atoms with Gasteiger partial charge in [-0.2, -0.15) is 0 Å². The first-order valence-corrected chi connectivity index (χ1v) is 14.4. The molecular formula is C34H31F2N5O4. The molecule has 0 bridgehead atoms. The lowest BCUT2D eigenvalue weighted by Gasteiger charge is -2.32. The summed E-state index contributed by atoms with van der Waals surface area (Å²) in [4.78, 5) is 22.3. The molecule has 5 rings (SSSR count). The van der Waals surface area contributed by atoms with Gasteiger partial charge in [-0.1, -0.05) is 59.7 Å². The van der Waals surface area contributed by atoms with E-state index < -0.39 is 29.2 Å². The molecule has 1 heterocycles. The number of carbonyl (C=O) groups is 1.